The summed E-state index contributed by atoms with van der Waals surface area (Å²) in [7, 11) is 0. The second-order valence-electron chi connectivity index (χ2n) is 7.24. The van der Waals surface area contributed by atoms with Crippen LogP contribution in [0.25, 0.3) is 10.2 Å². The zero-order chi connectivity index (χ0) is 22.5. The van der Waals surface area contributed by atoms with Gasteiger partial charge in [-0.15, -0.1) is 11.3 Å². The van der Waals surface area contributed by atoms with Crippen molar-refractivity contribution in [2.75, 3.05) is 6.61 Å². The van der Waals surface area contributed by atoms with Crippen LogP contribution in [0.4, 0.5) is 0 Å². The van der Waals surface area contributed by atoms with Crippen LogP contribution in [-0.4, -0.2) is 32.8 Å². The number of aryl methyl sites for hydroxylation is 1. The number of carbonyl (C=O) groups excluding carboxylic acids is 1. The number of hydrogen-bond acceptors (Lipinski definition) is 6. The van der Waals surface area contributed by atoms with E-state index in [0.717, 1.165) is 21.5 Å². The van der Waals surface area contributed by atoms with E-state index in [1.807, 2.05) is 30.3 Å². The van der Waals surface area contributed by atoms with Gasteiger partial charge in [-0.2, -0.15) is 0 Å². The predicted octanol–water partition coefficient (Wildman–Crippen LogP) is 2.29. The molecule has 0 saturated carbocycles. The van der Waals surface area contributed by atoms with Crippen molar-refractivity contribution in [3.8, 4) is 0 Å². The maximum Gasteiger partial charge on any atom is 0.332 e. The summed E-state index contributed by atoms with van der Waals surface area (Å²) in [4.78, 5) is 50.5. The minimum atomic E-state index is -1.04. The molecule has 0 spiro atoms. The van der Waals surface area contributed by atoms with E-state index in [9.17, 15) is 24.3 Å². The van der Waals surface area contributed by atoms with E-state index in [1.54, 1.807) is 13.0 Å². The van der Waals surface area contributed by atoms with Crippen LogP contribution >= 0.6 is 11.3 Å². The molecule has 1 atom stereocenters. The number of thiophene rings is 1. The lowest BCUT2D eigenvalue weighted by atomic mass is 10.1. The van der Waals surface area contributed by atoms with Crippen molar-refractivity contribution in [2.45, 2.75) is 39.8 Å². The average Bonchev–Trinajstić information content (AvgIpc) is 3.15. The first-order valence-corrected chi connectivity index (χ1v) is 10.8. The molecular formula is C22H24N2O6S. The van der Waals surface area contributed by atoms with Gasteiger partial charge in [0.25, 0.3) is 5.56 Å². The second-order valence-corrected chi connectivity index (χ2v) is 8.35. The van der Waals surface area contributed by atoms with Crippen molar-refractivity contribution in [2.24, 2.45) is 5.92 Å². The Morgan fingerprint density at radius 2 is 1.87 bits per heavy atom. The second kappa shape index (κ2) is 9.74. The summed E-state index contributed by atoms with van der Waals surface area (Å²) in [6, 6.07) is 11.1. The normalized spacial score (nSPS) is 12.1. The van der Waals surface area contributed by atoms with Crippen molar-refractivity contribution < 1.29 is 19.4 Å². The highest BCUT2D eigenvalue weighted by atomic mass is 32.1. The molecule has 0 radical (unpaired) electrons. The molecule has 3 rings (SSSR count). The average molecular weight is 445 g/mol. The summed E-state index contributed by atoms with van der Waals surface area (Å²) in [6.07, 6.45) is 0.467. The number of esters is 1. The lowest BCUT2D eigenvalue weighted by molar-refractivity contribution is -0.142. The van der Waals surface area contributed by atoms with Gasteiger partial charge in [0.2, 0.25) is 0 Å². The number of carbonyl (C=O) groups is 2. The molecule has 164 valence electrons. The Morgan fingerprint density at radius 1 is 1.16 bits per heavy atom. The van der Waals surface area contributed by atoms with Crippen molar-refractivity contribution in [1.29, 1.82) is 0 Å². The van der Waals surface area contributed by atoms with E-state index < -0.39 is 29.1 Å². The summed E-state index contributed by atoms with van der Waals surface area (Å²) >= 11 is 1.14. The molecule has 0 aliphatic heterocycles. The highest BCUT2D eigenvalue weighted by Crippen LogP contribution is 2.24. The van der Waals surface area contributed by atoms with Gasteiger partial charge in [-0.1, -0.05) is 37.3 Å². The molecule has 0 aliphatic rings. The lowest BCUT2D eigenvalue weighted by Crippen LogP contribution is -2.41. The van der Waals surface area contributed by atoms with E-state index in [-0.39, 0.29) is 26.1 Å². The number of hydrogen-bond donors (Lipinski definition) is 1. The van der Waals surface area contributed by atoms with Crippen LogP contribution in [0, 0.1) is 5.92 Å². The Morgan fingerprint density at radius 3 is 2.52 bits per heavy atom. The molecule has 0 fully saturated rings. The number of fused-ring (bicyclic) bond motifs is 1. The molecule has 8 nitrogen and oxygen atoms in total. The number of benzene rings is 1. The maximum atomic E-state index is 13.2. The van der Waals surface area contributed by atoms with Gasteiger partial charge in [-0.25, -0.2) is 4.79 Å². The maximum absolute atomic E-state index is 13.2. The Balaban J connectivity index is 2.08. The first-order chi connectivity index (χ1) is 14.8. The summed E-state index contributed by atoms with van der Waals surface area (Å²) in [5.41, 5.74) is -0.0137. The zero-order valence-corrected chi connectivity index (χ0v) is 18.2. The number of ether oxygens (including phenoxy) is 1. The van der Waals surface area contributed by atoms with Gasteiger partial charge in [-0.3, -0.25) is 23.5 Å². The third kappa shape index (κ3) is 5.11. The number of rotatable bonds is 9. The zero-order valence-electron chi connectivity index (χ0n) is 17.4. The molecule has 0 bridgehead atoms. The van der Waals surface area contributed by atoms with Crippen molar-refractivity contribution >= 4 is 33.5 Å². The van der Waals surface area contributed by atoms with Gasteiger partial charge in [0.1, 0.15) is 4.83 Å². The van der Waals surface area contributed by atoms with Crippen LogP contribution in [0.5, 0.6) is 0 Å². The molecule has 0 amide bonds. The highest BCUT2D eigenvalue weighted by Gasteiger charge is 2.21. The van der Waals surface area contributed by atoms with Crippen LogP contribution in [0.1, 0.15) is 24.3 Å². The topological polar surface area (TPSA) is 108 Å². The number of aromatic nitrogens is 2. The molecule has 0 aliphatic carbocycles. The summed E-state index contributed by atoms with van der Waals surface area (Å²) in [6.45, 7) is 3.56. The first-order valence-electron chi connectivity index (χ1n) is 10.00. The van der Waals surface area contributed by atoms with Gasteiger partial charge in [0, 0.05) is 18.0 Å². The molecule has 0 saturated heterocycles. The quantitative estimate of drug-likeness (QED) is 0.508. The molecule has 1 unspecified atom stereocenters. The molecule has 2 heterocycles. The lowest BCUT2D eigenvalue weighted by Gasteiger charge is -2.14. The van der Waals surface area contributed by atoms with Crippen LogP contribution in [0.2, 0.25) is 0 Å². The molecule has 31 heavy (non-hydrogen) atoms. The minimum Gasteiger partial charge on any atom is -0.481 e. The van der Waals surface area contributed by atoms with Gasteiger partial charge in [0.05, 0.1) is 24.3 Å². The molecule has 9 heteroatoms. The number of nitrogens with zero attached hydrogens (tertiary/aromatic N) is 2. The van der Waals surface area contributed by atoms with E-state index in [1.165, 1.54) is 11.5 Å². The smallest absolute Gasteiger partial charge is 0.332 e. The largest absolute Gasteiger partial charge is 0.481 e. The SMILES string of the molecule is CCOC(=O)Cc1cc2c(=O)n(CCc3ccccc3)c(=O)n(CC(C)C(=O)O)c2s1. The van der Waals surface area contributed by atoms with Gasteiger partial charge in [0.15, 0.2) is 0 Å². The van der Waals surface area contributed by atoms with E-state index in [0.29, 0.717) is 21.5 Å². The Labute approximate surface area is 182 Å². The van der Waals surface area contributed by atoms with Gasteiger partial charge < -0.3 is 9.84 Å². The fourth-order valence-electron chi connectivity index (χ4n) is 3.29. The molecule has 2 aromatic heterocycles. The molecular weight excluding hydrogens is 420 g/mol. The standard InChI is InChI=1S/C22H24N2O6S/c1-3-30-18(25)12-16-11-17-19(26)23(10-9-15-7-5-4-6-8-15)22(29)24(20(17)31-16)13-14(2)21(27)28/h4-8,11,14H,3,9-10,12-13H2,1-2H3,(H,27,28). The fraction of sp³-hybridized carbons (Fsp3) is 0.364. The third-order valence-electron chi connectivity index (χ3n) is 4.91. The van der Waals surface area contributed by atoms with Crippen LogP contribution in [0.3, 0.4) is 0 Å². The number of aliphatic carboxylic acids is 1. The van der Waals surface area contributed by atoms with Crippen molar-refractivity contribution in [3.63, 3.8) is 0 Å². The molecule has 3 aromatic rings. The summed E-state index contributed by atoms with van der Waals surface area (Å²) in [5.74, 6) is -2.28. The predicted molar refractivity (Wildman–Crippen MR) is 118 cm³/mol. The monoisotopic (exact) mass is 444 g/mol. The minimum absolute atomic E-state index is 0.0146. The molecule has 1 N–H and O–H groups in total. The summed E-state index contributed by atoms with van der Waals surface area (Å²) in [5, 5.41) is 9.62. The molecule has 1 aromatic carbocycles. The number of carboxylic acid groups (broad SMARTS) is 1. The fourth-order valence-corrected chi connectivity index (χ4v) is 4.42. The first kappa shape index (κ1) is 22.5. The number of carboxylic acids is 1. The van der Waals surface area contributed by atoms with E-state index in [4.69, 9.17) is 4.74 Å². The van der Waals surface area contributed by atoms with Crippen LogP contribution in [-0.2, 0) is 40.3 Å². The van der Waals surface area contributed by atoms with Crippen molar-refractivity contribution in [3.05, 3.63) is 67.7 Å². The van der Waals surface area contributed by atoms with Crippen molar-refractivity contribution in [1.82, 2.24) is 9.13 Å². The van der Waals surface area contributed by atoms with Crippen LogP contribution < -0.4 is 11.2 Å². The summed E-state index contributed by atoms with van der Waals surface area (Å²) < 4.78 is 7.45. The van der Waals surface area contributed by atoms with Gasteiger partial charge >= 0.3 is 17.6 Å². The third-order valence-corrected chi connectivity index (χ3v) is 6.07. The van der Waals surface area contributed by atoms with E-state index in [2.05, 4.69) is 0 Å². The Kier molecular flexibility index (Phi) is 7.06. The van der Waals surface area contributed by atoms with Crippen LogP contribution in [0.15, 0.2) is 46.0 Å². The Bertz CT molecular complexity index is 1210. The van der Waals surface area contributed by atoms with Gasteiger partial charge in [-0.05, 0) is 25.0 Å². The Hall–Kier alpha value is -3.20. The van der Waals surface area contributed by atoms with E-state index >= 15 is 0 Å². The highest BCUT2D eigenvalue weighted by molar-refractivity contribution is 7.18.